The number of rotatable bonds is 2. The molecule has 0 spiro atoms. The summed E-state index contributed by atoms with van der Waals surface area (Å²) in [6, 6.07) is 5.30. The number of carbonyl (C=O) groups is 1. The number of aliphatic hydroxyl groups excluding tert-OH is 1. The van der Waals surface area contributed by atoms with Gasteiger partial charge in [0.1, 0.15) is 0 Å². The standard InChI is InChI=1S/C14H17N3O2/c18-13-4-2-1-3-12(13)16-14(19)9-5-6-11-10(7-9)8-15-17-11/h5-8,12-13,18H,1-4H2,(H,15,17)(H,16,19)/t12-,13+/m0/s1. The van der Waals surface area contributed by atoms with Crippen molar-refractivity contribution < 1.29 is 9.90 Å². The molecule has 5 nitrogen and oxygen atoms in total. The largest absolute Gasteiger partial charge is 0.391 e. The quantitative estimate of drug-likeness (QED) is 0.766. The number of nitrogens with one attached hydrogen (secondary N) is 2. The highest BCUT2D eigenvalue weighted by Crippen LogP contribution is 2.19. The van der Waals surface area contributed by atoms with Crippen molar-refractivity contribution in [1.29, 1.82) is 0 Å². The fraction of sp³-hybridized carbons (Fsp3) is 0.429. The smallest absolute Gasteiger partial charge is 0.251 e. The molecule has 100 valence electrons. The number of carbonyl (C=O) groups excluding carboxylic acids is 1. The van der Waals surface area contributed by atoms with Gasteiger partial charge in [-0.05, 0) is 31.0 Å². The van der Waals surface area contributed by atoms with Crippen LogP contribution in [-0.4, -0.2) is 33.4 Å². The molecular formula is C14H17N3O2. The first-order chi connectivity index (χ1) is 9.24. The maximum atomic E-state index is 12.2. The number of benzene rings is 1. The lowest BCUT2D eigenvalue weighted by Gasteiger charge is -2.28. The van der Waals surface area contributed by atoms with Crippen LogP contribution in [0.1, 0.15) is 36.0 Å². The topological polar surface area (TPSA) is 78.0 Å². The van der Waals surface area contributed by atoms with Crippen LogP contribution in [0.2, 0.25) is 0 Å². The Morgan fingerprint density at radius 2 is 2.21 bits per heavy atom. The molecule has 19 heavy (non-hydrogen) atoms. The second kappa shape index (κ2) is 5.01. The van der Waals surface area contributed by atoms with E-state index in [4.69, 9.17) is 0 Å². The van der Waals surface area contributed by atoms with Crippen LogP contribution in [0.15, 0.2) is 24.4 Å². The van der Waals surface area contributed by atoms with Gasteiger partial charge in [-0.25, -0.2) is 0 Å². The molecule has 1 aromatic heterocycles. The van der Waals surface area contributed by atoms with Crippen LogP contribution >= 0.6 is 0 Å². The maximum Gasteiger partial charge on any atom is 0.251 e. The Kier molecular flexibility index (Phi) is 3.21. The van der Waals surface area contributed by atoms with Gasteiger partial charge < -0.3 is 10.4 Å². The number of fused-ring (bicyclic) bond motifs is 1. The van der Waals surface area contributed by atoms with E-state index in [2.05, 4.69) is 15.5 Å². The van der Waals surface area contributed by atoms with E-state index in [1.54, 1.807) is 12.3 Å². The van der Waals surface area contributed by atoms with Crippen molar-refractivity contribution in [3.8, 4) is 0 Å². The number of aromatic amines is 1. The van der Waals surface area contributed by atoms with Gasteiger partial charge in [0.2, 0.25) is 0 Å². The second-order valence-corrected chi connectivity index (χ2v) is 5.10. The van der Waals surface area contributed by atoms with Gasteiger partial charge in [0.15, 0.2) is 0 Å². The molecule has 1 aliphatic carbocycles. The summed E-state index contributed by atoms with van der Waals surface area (Å²) in [6.07, 6.45) is 4.99. The molecule has 0 saturated heterocycles. The summed E-state index contributed by atoms with van der Waals surface area (Å²) in [4.78, 5) is 12.2. The van der Waals surface area contributed by atoms with Gasteiger partial charge in [-0.2, -0.15) is 5.10 Å². The van der Waals surface area contributed by atoms with Crippen LogP contribution in [0, 0.1) is 0 Å². The average molecular weight is 259 g/mol. The molecule has 0 aliphatic heterocycles. The summed E-state index contributed by atoms with van der Waals surface area (Å²) < 4.78 is 0. The fourth-order valence-electron chi connectivity index (χ4n) is 2.62. The van der Waals surface area contributed by atoms with E-state index in [-0.39, 0.29) is 11.9 Å². The summed E-state index contributed by atoms with van der Waals surface area (Å²) in [5.74, 6) is -0.131. The van der Waals surface area contributed by atoms with E-state index in [9.17, 15) is 9.90 Å². The molecule has 1 fully saturated rings. The molecule has 0 unspecified atom stereocenters. The maximum absolute atomic E-state index is 12.2. The van der Waals surface area contributed by atoms with Crippen molar-refractivity contribution in [1.82, 2.24) is 15.5 Å². The molecule has 2 atom stereocenters. The number of hydrogen-bond acceptors (Lipinski definition) is 3. The van der Waals surface area contributed by atoms with Gasteiger partial charge in [0.05, 0.1) is 23.9 Å². The molecule has 1 aromatic carbocycles. The molecule has 1 amide bonds. The van der Waals surface area contributed by atoms with E-state index < -0.39 is 6.10 Å². The first-order valence-electron chi connectivity index (χ1n) is 6.66. The Morgan fingerprint density at radius 3 is 3.05 bits per heavy atom. The lowest BCUT2D eigenvalue weighted by atomic mass is 9.92. The lowest BCUT2D eigenvalue weighted by Crippen LogP contribution is -2.45. The third kappa shape index (κ3) is 2.46. The van der Waals surface area contributed by atoms with Crippen LogP contribution in [0.4, 0.5) is 0 Å². The van der Waals surface area contributed by atoms with Crippen molar-refractivity contribution in [2.45, 2.75) is 37.8 Å². The van der Waals surface area contributed by atoms with Gasteiger partial charge in [-0.1, -0.05) is 12.8 Å². The fourth-order valence-corrected chi connectivity index (χ4v) is 2.62. The molecule has 1 heterocycles. The highest BCUT2D eigenvalue weighted by molar-refractivity contribution is 5.98. The van der Waals surface area contributed by atoms with Crippen LogP contribution in [0.25, 0.3) is 10.9 Å². The number of aromatic nitrogens is 2. The molecule has 3 rings (SSSR count). The monoisotopic (exact) mass is 259 g/mol. The molecule has 5 heteroatoms. The van der Waals surface area contributed by atoms with Gasteiger partial charge >= 0.3 is 0 Å². The van der Waals surface area contributed by atoms with Gasteiger partial charge in [-0.15, -0.1) is 0 Å². The van der Waals surface area contributed by atoms with E-state index >= 15 is 0 Å². The van der Waals surface area contributed by atoms with E-state index in [0.29, 0.717) is 5.56 Å². The molecular weight excluding hydrogens is 242 g/mol. The zero-order valence-electron chi connectivity index (χ0n) is 10.6. The first kappa shape index (κ1) is 12.2. The van der Waals surface area contributed by atoms with Gasteiger partial charge in [0, 0.05) is 10.9 Å². The Balaban J connectivity index is 1.75. The highest BCUT2D eigenvalue weighted by atomic mass is 16.3. The van der Waals surface area contributed by atoms with Crippen molar-refractivity contribution in [2.24, 2.45) is 0 Å². The number of H-pyrrole nitrogens is 1. The minimum Gasteiger partial charge on any atom is -0.391 e. The van der Waals surface area contributed by atoms with Gasteiger partial charge in [-0.3, -0.25) is 9.89 Å². The predicted octanol–water partition coefficient (Wildman–Crippen LogP) is 1.60. The third-order valence-electron chi connectivity index (χ3n) is 3.75. The third-order valence-corrected chi connectivity index (χ3v) is 3.75. The number of hydrogen-bond donors (Lipinski definition) is 3. The SMILES string of the molecule is O=C(N[C@H]1CCCC[C@H]1O)c1ccc2[nH]ncc2c1. The number of nitrogens with zero attached hydrogens (tertiary/aromatic N) is 1. The van der Waals surface area contributed by atoms with E-state index in [1.165, 1.54) is 0 Å². The predicted molar refractivity (Wildman–Crippen MR) is 71.8 cm³/mol. The highest BCUT2D eigenvalue weighted by Gasteiger charge is 2.24. The molecule has 1 aliphatic rings. The second-order valence-electron chi connectivity index (χ2n) is 5.10. The lowest BCUT2D eigenvalue weighted by molar-refractivity contribution is 0.0717. The molecule has 0 bridgehead atoms. The Bertz CT molecular complexity index is 593. The normalized spacial score (nSPS) is 23.4. The Morgan fingerprint density at radius 1 is 1.37 bits per heavy atom. The van der Waals surface area contributed by atoms with Crippen molar-refractivity contribution in [3.05, 3.63) is 30.0 Å². The van der Waals surface area contributed by atoms with Crippen LogP contribution in [0.3, 0.4) is 0 Å². The minimum atomic E-state index is -0.421. The van der Waals surface area contributed by atoms with E-state index in [1.807, 2.05) is 12.1 Å². The summed E-state index contributed by atoms with van der Waals surface area (Å²) in [7, 11) is 0. The summed E-state index contributed by atoms with van der Waals surface area (Å²) in [5.41, 5.74) is 1.51. The molecule has 1 saturated carbocycles. The van der Waals surface area contributed by atoms with Crippen molar-refractivity contribution >= 4 is 16.8 Å². The zero-order valence-corrected chi connectivity index (χ0v) is 10.6. The Hall–Kier alpha value is -1.88. The first-order valence-corrected chi connectivity index (χ1v) is 6.66. The molecule has 2 aromatic rings. The van der Waals surface area contributed by atoms with E-state index in [0.717, 1.165) is 36.6 Å². The Labute approximate surface area is 111 Å². The van der Waals surface area contributed by atoms with Crippen molar-refractivity contribution in [3.63, 3.8) is 0 Å². The van der Waals surface area contributed by atoms with Crippen LogP contribution < -0.4 is 5.32 Å². The summed E-state index contributed by atoms with van der Waals surface area (Å²) >= 11 is 0. The average Bonchev–Trinajstić information content (AvgIpc) is 2.88. The zero-order chi connectivity index (χ0) is 13.2. The summed E-state index contributed by atoms with van der Waals surface area (Å²) in [5, 5.41) is 20.5. The molecule has 0 radical (unpaired) electrons. The van der Waals surface area contributed by atoms with Crippen molar-refractivity contribution in [2.75, 3.05) is 0 Å². The molecule has 3 N–H and O–H groups in total. The minimum absolute atomic E-state index is 0.124. The van der Waals surface area contributed by atoms with Gasteiger partial charge in [0.25, 0.3) is 5.91 Å². The summed E-state index contributed by atoms with van der Waals surface area (Å²) in [6.45, 7) is 0. The number of aliphatic hydroxyl groups is 1. The number of amides is 1. The van der Waals surface area contributed by atoms with Crippen LogP contribution in [0.5, 0.6) is 0 Å². The van der Waals surface area contributed by atoms with Crippen LogP contribution in [-0.2, 0) is 0 Å².